The monoisotopic (exact) mass is 243 g/mol. The first-order valence-electron chi connectivity index (χ1n) is 6.01. The zero-order valence-corrected chi connectivity index (χ0v) is 13.1. The highest BCUT2D eigenvalue weighted by molar-refractivity contribution is 6.83. The zero-order valence-electron chi connectivity index (χ0n) is 10.7. The molecule has 0 unspecified atom stereocenters. The Morgan fingerprint density at radius 3 is 2.53 bits per heavy atom. The summed E-state index contributed by atoms with van der Waals surface area (Å²) in [5.74, 6) is 0. The van der Waals surface area contributed by atoms with Gasteiger partial charge in [-0.3, -0.25) is 0 Å². The Morgan fingerprint density at radius 1 is 1.40 bits per heavy atom. The van der Waals surface area contributed by atoms with E-state index < -0.39 is 8.24 Å². The number of ether oxygens (including phenoxy) is 1. The van der Waals surface area contributed by atoms with Crippen LogP contribution in [-0.4, -0.2) is 48.6 Å². The van der Waals surface area contributed by atoms with Gasteiger partial charge in [0.1, 0.15) is 8.24 Å². The molecule has 0 amide bonds. The first kappa shape index (κ1) is 13.2. The molecule has 4 heteroatoms. The van der Waals surface area contributed by atoms with Gasteiger partial charge >= 0.3 is 0 Å². The highest BCUT2D eigenvalue weighted by atomic mass is 28.4. The summed E-state index contributed by atoms with van der Waals surface area (Å²) >= 11 is 0. The van der Waals surface area contributed by atoms with Crippen LogP contribution in [0.1, 0.15) is 13.8 Å². The molecule has 0 bridgehead atoms. The molecule has 0 atom stereocenters. The van der Waals surface area contributed by atoms with E-state index in [9.17, 15) is 0 Å². The molecule has 1 rings (SSSR count). The number of morpholine rings is 1. The summed E-state index contributed by atoms with van der Waals surface area (Å²) in [4.78, 5) is 0. The normalized spacial score (nSPS) is 21.5. The van der Waals surface area contributed by atoms with Crippen LogP contribution in [0.5, 0.6) is 0 Å². The molecule has 1 heterocycles. The van der Waals surface area contributed by atoms with Gasteiger partial charge in [0.2, 0.25) is 0 Å². The smallest absolute Gasteiger partial charge is 0.119 e. The molecule has 0 saturated carbocycles. The third-order valence-electron chi connectivity index (χ3n) is 3.49. The van der Waals surface area contributed by atoms with Gasteiger partial charge in [0.05, 0.1) is 13.2 Å². The van der Waals surface area contributed by atoms with Gasteiger partial charge in [0.15, 0.2) is 0 Å². The number of nitrogens with zero attached hydrogens (tertiary/aromatic N) is 1. The maximum atomic E-state index is 5.42. The van der Waals surface area contributed by atoms with Crippen molar-refractivity contribution in [1.29, 1.82) is 0 Å². The lowest BCUT2D eigenvalue weighted by Crippen LogP contribution is -2.54. The molecule has 1 aliphatic rings. The molecule has 1 fully saturated rings. The second kappa shape index (κ2) is 5.98. The fourth-order valence-electron chi connectivity index (χ4n) is 1.97. The minimum absolute atomic E-state index is 0.0269. The van der Waals surface area contributed by atoms with Crippen LogP contribution in [0.4, 0.5) is 0 Å². The Kier molecular flexibility index (Phi) is 5.25. The van der Waals surface area contributed by atoms with Gasteiger partial charge in [-0.05, 0) is 13.8 Å². The molecule has 15 heavy (non-hydrogen) atoms. The van der Waals surface area contributed by atoms with E-state index >= 15 is 0 Å². The topological polar surface area (TPSA) is 12.5 Å². The van der Waals surface area contributed by atoms with Crippen LogP contribution in [0, 0.1) is 0 Å². The van der Waals surface area contributed by atoms with Crippen LogP contribution in [0.2, 0.25) is 18.8 Å². The second-order valence-corrected chi connectivity index (χ2v) is 12.9. The van der Waals surface area contributed by atoms with Crippen molar-refractivity contribution in [3.05, 3.63) is 11.3 Å². The number of allylic oxidation sites excluding steroid dienone is 2. The van der Waals surface area contributed by atoms with Gasteiger partial charge < -0.3 is 9.30 Å². The standard InChI is InChI=1S/C11H25NOSi2/c1-5-11(2)14-10-15(3,4)12-6-8-13-9-7-12/h5H,6-10,14H2,1-4H3. The highest BCUT2D eigenvalue weighted by Gasteiger charge is 2.30. The Bertz CT molecular complexity index is 223. The lowest BCUT2D eigenvalue weighted by Gasteiger charge is -2.39. The van der Waals surface area contributed by atoms with Gasteiger partial charge in [0.25, 0.3) is 0 Å². The zero-order chi connectivity index (χ0) is 11.3. The predicted octanol–water partition coefficient (Wildman–Crippen LogP) is 1.57. The van der Waals surface area contributed by atoms with E-state index in [-0.39, 0.29) is 9.52 Å². The maximum Gasteiger partial charge on any atom is 0.119 e. The van der Waals surface area contributed by atoms with Gasteiger partial charge in [-0.15, -0.1) is 0 Å². The van der Waals surface area contributed by atoms with Crippen molar-refractivity contribution in [2.45, 2.75) is 32.6 Å². The Labute approximate surface area is 97.6 Å². The van der Waals surface area contributed by atoms with Crippen LogP contribution >= 0.6 is 0 Å². The van der Waals surface area contributed by atoms with Crippen LogP contribution in [-0.2, 0) is 4.74 Å². The second-order valence-electron chi connectivity index (χ2n) is 5.05. The summed E-state index contributed by atoms with van der Waals surface area (Å²) < 4.78 is 8.15. The van der Waals surface area contributed by atoms with Gasteiger partial charge in [-0.1, -0.05) is 30.0 Å². The van der Waals surface area contributed by atoms with Crippen molar-refractivity contribution >= 4 is 17.8 Å². The molecule has 0 aromatic heterocycles. The molecule has 88 valence electrons. The average molecular weight is 243 g/mol. The summed E-state index contributed by atoms with van der Waals surface area (Å²) in [5.41, 5.74) is 1.52. The Morgan fingerprint density at radius 2 is 2.00 bits per heavy atom. The van der Waals surface area contributed by atoms with E-state index in [1.165, 1.54) is 18.8 Å². The van der Waals surface area contributed by atoms with Crippen LogP contribution < -0.4 is 0 Å². The fraction of sp³-hybridized carbons (Fsp3) is 0.818. The van der Waals surface area contributed by atoms with Gasteiger partial charge in [-0.25, -0.2) is 0 Å². The van der Waals surface area contributed by atoms with Crippen LogP contribution in [0.15, 0.2) is 11.3 Å². The molecule has 1 saturated heterocycles. The van der Waals surface area contributed by atoms with E-state index in [4.69, 9.17) is 4.74 Å². The molecule has 1 aliphatic heterocycles. The molecule has 0 aliphatic carbocycles. The average Bonchev–Trinajstić information content (AvgIpc) is 2.27. The summed E-state index contributed by atoms with van der Waals surface area (Å²) in [6, 6.07) is 0. The van der Waals surface area contributed by atoms with E-state index in [1.54, 1.807) is 5.20 Å². The first-order chi connectivity index (χ1) is 7.06. The first-order valence-corrected chi connectivity index (χ1v) is 10.9. The minimum Gasteiger partial charge on any atom is -0.379 e. The highest BCUT2D eigenvalue weighted by Crippen LogP contribution is 2.17. The van der Waals surface area contributed by atoms with Crippen molar-refractivity contribution in [1.82, 2.24) is 4.57 Å². The molecule has 0 aromatic carbocycles. The minimum atomic E-state index is -1.11. The van der Waals surface area contributed by atoms with E-state index in [1.807, 2.05) is 0 Å². The van der Waals surface area contributed by atoms with Crippen LogP contribution in [0.3, 0.4) is 0 Å². The van der Waals surface area contributed by atoms with Crippen molar-refractivity contribution < 1.29 is 4.74 Å². The van der Waals surface area contributed by atoms with Crippen molar-refractivity contribution in [2.75, 3.05) is 26.3 Å². The third kappa shape index (κ3) is 4.22. The summed E-state index contributed by atoms with van der Waals surface area (Å²) in [5, 5.41) is 1.67. The molecule has 2 nitrogen and oxygen atoms in total. The summed E-state index contributed by atoms with van der Waals surface area (Å²) in [6.45, 7) is 13.7. The fourth-order valence-corrected chi connectivity index (χ4v) is 8.95. The molecular formula is C11H25NOSi2. The molecule has 0 N–H and O–H groups in total. The van der Waals surface area contributed by atoms with Gasteiger partial charge in [-0.2, -0.15) is 0 Å². The van der Waals surface area contributed by atoms with E-state index in [2.05, 4.69) is 37.6 Å². The van der Waals surface area contributed by atoms with E-state index in [0.29, 0.717) is 0 Å². The lowest BCUT2D eigenvalue weighted by atomic mass is 10.5. The van der Waals surface area contributed by atoms with Crippen molar-refractivity contribution in [3.8, 4) is 0 Å². The predicted molar refractivity (Wildman–Crippen MR) is 72.7 cm³/mol. The largest absolute Gasteiger partial charge is 0.379 e. The Hall–Kier alpha value is 0.0938. The lowest BCUT2D eigenvalue weighted by molar-refractivity contribution is 0.0691. The van der Waals surface area contributed by atoms with Gasteiger partial charge in [0, 0.05) is 22.6 Å². The third-order valence-corrected chi connectivity index (χ3v) is 12.7. The Balaban J connectivity index is 2.42. The molecule has 0 aromatic rings. The number of hydrogen-bond acceptors (Lipinski definition) is 2. The maximum absolute atomic E-state index is 5.42. The van der Waals surface area contributed by atoms with Crippen molar-refractivity contribution in [3.63, 3.8) is 0 Å². The quantitative estimate of drug-likeness (QED) is 0.695. The molecule has 0 spiro atoms. The molecular weight excluding hydrogens is 218 g/mol. The number of hydrogen-bond donors (Lipinski definition) is 0. The van der Waals surface area contributed by atoms with E-state index in [0.717, 1.165) is 13.2 Å². The molecule has 0 radical (unpaired) electrons. The summed E-state index contributed by atoms with van der Waals surface area (Å²) in [7, 11) is -1.08. The summed E-state index contributed by atoms with van der Waals surface area (Å²) in [6.07, 6.45) is 2.30. The van der Waals surface area contributed by atoms with Crippen LogP contribution in [0.25, 0.3) is 0 Å². The SMILES string of the molecule is CC=C(C)[SiH2]C[Si](C)(C)N1CCOCC1. The number of rotatable bonds is 4. The van der Waals surface area contributed by atoms with Crippen molar-refractivity contribution in [2.24, 2.45) is 0 Å².